The number of rotatable bonds is 4. The molecule has 0 fully saturated rings. The van der Waals surface area contributed by atoms with Crippen molar-refractivity contribution in [3.8, 4) is 0 Å². The van der Waals surface area contributed by atoms with Crippen molar-refractivity contribution in [1.29, 1.82) is 0 Å². The Labute approximate surface area is 162 Å². The van der Waals surface area contributed by atoms with Crippen LogP contribution in [-0.2, 0) is 4.79 Å². The number of hydrogen-bond donors (Lipinski definition) is 2. The lowest BCUT2D eigenvalue weighted by molar-refractivity contribution is -0.121. The van der Waals surface area contributed by atoms with Crippen LogP contribution in [0.25, 0.3) is 0 Å². The zero-order valence-corrected chi connectivity index (χ0v) is 16.0. The third kappa shape index (κ3) is 3.42. The van der Waals surface area contributed by atoms with E-state index < -0.39 is 0 Å². The number of hydrogen-bond acceptors (Lipinski definition) is 5. The molecule has 0 aliphatic carbocycles. The Kier molecular flexibility index (Phi) is 4.85. The first-order valence-electron chi connectivity index (χ1n) is 8.83. The van der Waals surface area contributed by atoms with Crippen molar-refractivity contribution in [3.63, 3.8) is 0 Å². The molecule has 0 spiro atoms. The highest BCUT2D eigenvalue weighted by atomic mass is 32.2. The predicted octanol–water partition coefficient (Wildman–Crippen LogP) is 3.66. The molecule has 27 heavy (non-hydrogen) atoms. The Morgan fingerprint density at radius 1 is 1.15 bits per heavy atom. The van der Waals surface area contributed by atoms with Gasteiger partial charge in [0.2, 0.25) is 11.9 Å². The van der Waals surface area contributed by atoms with Gasteiger partial charge in [-0.25, -0.2) is 4.68 Å². The maximum absolute atomic E-state index is 13.2. The highest BCUT2D eigenvalue weighted by Gasteiger charge is 2.41. The van der Waals surface area contributed by atoms with Gasteiger partial charge in [0.05, 0.1) is 12.0 Å². The van der Waals surface area contributed by atoms with Crippen molar-refractivity contribution < 1.29 is 4.79 Å². The van der Waals surface area contributed by atoms with Crippen LogP contribution >= 0.6 is 11.8 Å². The number of amides is 1. The standard InChI is InChI=1S/C20H21N5OS/c1-13-17(19(26)24-15-6-4-3-5-7-15)18(25-20(23-13)21-12-22-25)14-8-10-16(27-2)11-9-14/h3-13,17-18H,1-2H3,(H,24,26)(H,21,22,23)/t13-,17+,18+/m0/s1. The number of aromatic nitrogens is 3. The zero-order chi connectivity index (χ0) is 18.8. The van der Waals surface area contributed by atoms with Crippen molar-refractivity contribution in [2.24, 2.45) is 5.92 Å². The van der Waals surface area contributed by atoms with Gasteiger partial charge in [0, 0.05) is 16.6 Å². The van der Waals surface area contributed by atoms with E-state index in [4.69, 9.17) is 0 Å². The summed E-state index contributed by atoms with van der Waals surface area (Å²) in [7, 11) is 0. The van der Waals surface area contributed by atoms with Crippen LogP contribution in [-0.4, -0.2) is 33.0 Å². The summed E-state index contributed by atoms with van der Waals surface area (Å²) in [5.74, 6) is 0.311. The largest absolute Gasteiger partial charge is 0.351 e. The molecule has 1 aliphatic rings. The molecule has 138 valence electrons. The van der Waals surface area contributed by atoms with E-state index in [0.29, 0.717) is 5.95 Å². The molecule has 3 aromatic rings. The first kappa shape index (κ1) is 17.6. The minimum atomic E-state index is -0.334. The van der Waals surface area contributed by atoms with Gasteiger partial charge in [0.1, 0.15) is 6.33 Å². The molecule has 1 amide bonds. The van der Waals surface area contributed by atoms with Crippen molar-refractivity contribution in [1.82, 2.24) is 14.8 Å². The van der Waals surface area contributed by atoms with E-state index in [0.717, 1.165) is 11.3 Å². The van der Waals surface area contributed by atoms with E-state index >= 15 is 0 Å². The van der Waals surface area contributed by atoms with Crippen LogP contribution in [0.5, 0.6) is 0 Å². The molecule has 0 unspecified atom stereocenters. The minimum Gasteiger partial charge on any atom is -0.351 e. The fourth-order valence-corrected chi connectivity index (χ4v) is 3.95. The number of carbonyl (C=O) groups is 1. The van der Waals surface area contributed by atoms with Gasteiger partial charge in [-0.15, -0.1) is 11.8 Å². The van der Waals surface area contributed by atoms with Gasteiger partial charge in [-0.1, -0.05) is 30.3 Å². The normalized spacial score (nSPS) is 21.2. The molecular formula is C20H21N5OS. The molecule has 7 heteroatoms. The van der Waals surface area contributed by atoms with E-state index in [1.165, 1.54) is 11.2 Å². The number of nitrogens with zero attached hydrogens (tertiary/aromatic N) is 3. The SMILES string of the molecule is CSc1ccc([C@@H]2[C@H](C(=O)Nc3ccccc3)[C@H](C)Nc3ncnn32)cc1. The number of carbonyl (C=O) groups excluding carboxylic acids is 1. The lowest BCUT2D eigenvalue weighted by Gasteiger charge is -2.36. The van der Waals surface area contributed by atoms with Crippen LogP contribution in [0, 0.1) is 5.92 Å². The summed E-state index contributed by atoms with van der Waals surface area (Å²) in [6.45, 7) is 2.01. The maximum atomic E-state index is 13.2. The van der Waals surface area contributed by atoms with E-state index in [-0.39, 0.29) is 23.9 Å². The van der Waals surface area contributed by atoms with E-state index in [1.54, 1.807) is 11.8 Å². The second-order valence-electron chi connectivity index (χ2n) is 6.56. The van der Waals surface area contributed by atoms with Crippen LogP contribution in [0.4, 0.5) is 11.6 Å². The topological polar surface area (TPSA) is 71.8 Å². The molecule has 2 heterocycles. The Morgan fingerprint density at radius 3 is 2.59 bits per heavy atom. The lowest BCUT2D eigenvalue weighted by Crippen LogP contribution is -2.46. The quantitative estimate of drug-likeness (QED) is 0.677. The smallest absolute Gasteiger partial charge is 0.232 e. The third-order valence-electron chi connectivity index (χ3n) is 4.87. The highest BCUT2D eigenvalue weighted by Crippen LogP contribution is 2.36. The average molecular weight is 379 g/mol. The molecule has 3 atom stereocenters. The summed E-state index contributed by atoms with van der Waals surface area (Å²) < 4.78 is 1.81. The molecule has 0 bridgehead atoms. The number of thioether (sulfide) groups is 1. The Balaban J connectivity index is 1.71. The van der Waals surface area contributed by atoms with Gasteiger partial charge >= 0.3 is 0 Å². The first-order valence-corrected chi connectivity index (χ1v) is 10.1. The first-order chi connectivity index (χ1) is 13.2. The number of nitrogens with one attached hydrogen (secondary N) is 2. The van der Waals surface area contributed by atoms with Crippen molar-refractivity contribution >= 4 is 29.3 Å². The average Bonchev–Trinajstić information content (AvgIpc) is 3.15. The molecule has 0 radical (unpaired) electrons. The highest BCUT2D eigenvalue weighted by molar-refractivity contribution is 7.98. The Bertz CT molecular complexity index is 925. The fraction of sp³-hybridized carbons (Fsp3) is 0.250. The second-order valence-corrected chi connectivity index (χ2v) is 7.44. The number of anilines is 2. The molecule has 2 aromatic carbocycles. The molecule has 1 aromatic heterocycles. The summed E-state index contributed by atoms with van der Waals surface area (Å²) in [4.78, 5) is 18.7. The summed E-state index contributed by atoms with van der Waals surface area (Å²) in [5, 5.41) is 10.7. The molecule has 0 saturated heterocycles. The number of benzene rings is 2. The maximum Gasteiger partial charge on any atom is 0.232 e. The number of fused-ring (bicyclic) bond motifs is 1. The summed E-state index contributed by atoms with van der Waals surface area (Å²) >= 11 is 1.69. The van der Waals surface area contributed by atoms with Crippen molar-refractivity contribution in [2.75, 3.05) is 16.9 Å². The molecular weight excluding hydrogens is 358 g/mol. The van der Waals surface area contributed by atoms with Crippen LogP contribution in [0.3, 0.4) is 0 Å². The van der Waals surface area contributed by atoms with Crippen LogP contribution in [0.15, 0.2) is 65.8 Å². The third-order valence-corrected chi connectivity index (χ3v) is 5.62. The van der Waals surface area contributed by atoms with Crippen LogP contribution in [0.2, 0.25) is 0 Å². The zero-order valence-electron chi connectivity index (χ0n) is 15.2. The summed E-state index contributed by atoms with van der Waals surface area (Å²) in [6, 6.07) is 17.5. The fourth-order valence-electron chi connectivity index (χ4n) is 3.54. The molecule has 4 rings (SSSR count). The predicted molar refractivity (Wildman–Crippen MR) is 108 cm³/mol. The molecule has 0 saturated carbocycles. The number of para-hydroxylation sites is 1. The molecule has 1 aliphatic heterocycles. The van der Waals surface area contributed by atoms with Gasteiger partial charge in [-0.3, -0.25) is 4.79 Å². The summed E-state index contributed by atoms with van der Waals surface area (Å²) in [6.07, 6.45) is 3.57. The van der Waals surface area contributed by atoms with Gasteiger partial charge in [-0.05, 0) is 43.0 Å². The van der Waals surface area contributed by atoms with Crippen LogP contribution < -0.4 is 10.6 Å². The van der Waals surface area contributed by atoms with Gasteiger partial charge < -0.3 is 10.6 Å². The Hall–Kier alpha value is -2.80. The minimum absolute atomic E-state index is 0.0405. The molecule has 6 nitrogen and oxygen atoms in total. The van der Waals surface area contributed by atoms with Crippen molar-refractivity contribution in [2.45, 2.75) is 23.9 Å². The molecule has 2 N–H and O–H groups in total. The second kappa shape index (κ2) is 7.44. The van der Waals surface area contributed by atoms with E-state index in [2.05, 4.69) is 45.0 Å². The monoisotopic (exact) mass is 379 g/mol. The van der Waals surface area contributed by atoms with E-state index in [9.17, 15) is 4.79 Å². The Morgan fingerprint density at radius 2 is 1.89 bits per heavy atom. The van der Waals surface area contributed by atoms with Gasteiger partial charge in [0.15, 0.2) is 0 Å². The summed E-state index contributed by atoms with van der Waals surface area (Å²) in [5.41, 5.74) is 1.83. The van der Waals surface area contributed by atoms with Crippen molar-refractivity contribution in [3.05, 3.63) is 66.5 Å². The van der Waals surface area contributed by atoms with Gasteiger partial charge in [-0.2, -0.15) is 10.1 Å². The van der Waals surface area contributed by atoms with Gasteiger partial charge in [0.25, 0.3) is 0 Å². The van der Waals surface area contributed by atoms with E-state index in [1.807, 2.05) is 48.2 Å². The lowest BCUT2D eigenvalue weighted by atomic mass is 9.85. The van der Waals surface area contributed by atoms with Crippen LogP contribution in [0.1, 0.15) is 18.5 Å².